The van der Waals surface area contributed by atoms with Gasteiger partial charge in [-0.1, -0.05) is 18.2 Å². The van der Waals surface area contributed by atoms with Crippen LogP contribution in [0.15, 0.2) is 53.4 Å². The molecule has 0 bridgehead atoms. The first-order chi connectivity index (χ1) is 11.5. The zero-order chi connectivity index (χ0) is 17.6. The molecule has 6 nitrogen and oxygen atoms in total. The first-order valence-electron chi connectivity index (χ1n) is 7.76. The van der Waals surface area contributed by atoms with Crippen LogP contribution >= 0.6 is 0 Å². The lowest BCUT2D eigenvalue weighted by atomic mass is 9.86. The second-order valence-electron chi connectivity index (χ2n) is 5.98. The van der Waals surface area contributed by atoms with Crippen molar-refractivity contribution in [3.05, 3.63) is 59.4 Å². The predicted octanol–water partition coefficient (Wildman–Crippen LogP) is 2.95. The highest BCUT2D eigenvalue weighted by molar-refractivity contribution is 5.74. The Morgan fingerprint density at radius 1 is 1.38 bits per heavy atom. The molecule has 0 aromatic heterocycles. The molecular formula is C18H22N5O-. The molecule has 0 spiro atoms. The summed E-state index contributed by atoms with van der Waals surface area (Å²) in [6.45, 7) is 5.98. The van der Waals surface area contributed by atoms with Gasteiger partial charge in [-0.2, -0.15) is 11.5 Å². The number of hydrogen-bond donors (Lipinski definition) is 2. The van der Waals surface area contributed by atoms with Crippen LogP contribution < -0.4 is 10.3 Å². The summed E-state index contributed by atoms with van der Waals surface area (Å²) in [7, 11) is 0. The maximum atomic E-state index is 10.2. The number of hydrogen-bond acceptors (Lipinski definition) is 5. The molecule has 24 heavy (non-hydrogen) atoms. The van der Waals surface area contributed by atoms with E-state index in [1.807, 2.05) is 44.2 Å². The summed E-state index contributed by atoms with van der Waals surface area (Å²) in [5, 5.41) is 19.5. The quantitative estimate of drug-likeness (QED) is 0.834. The van der Waals surface area contributed by atoms with Gasteiger partial charge >= 0.3 is 0 Å². The highest BCUT2D eigenvalue weighted by Crippen LogP contribution is 2.27. The van der Waals surface area contributed by atoms with Crippen molar-refractivity contribution in [2.24, 2.45) is 4.99 Å². The van der Waals surface area contributed by atoms with E-state index in [9.17, 15) is 10.4 Å². The summed E-state index contributed by atoms with van der Waals surface area (Å²) in [4.78, 5) is 5.91. The van der Waals surface area contributed by atoms with Crippen LogP contribution in [0, 0.1) is 11.3 Å². The van der Waals surface area contributed by atoms with E-state index in [0.29, 0.717) is 12.4 Å². The van der Waals surface area contributed by atoms with E-state index in [-0.39, 0.29) is 0 Å². The maximum absolute atomic E-state index is 10.2. The number of nitrogens with zero attached hydrogens (tertiary/aromatic N) is 4. The van der Waals surface area contributed by atoms with Crippen LogP contribution in [0.5, 0.6) is 0 Å². The molecule has 1 heterocycles. The van der Waals surface area contributed by atoms with Crippen LogP contribution in [0.3, 0.4) is 0 Å². The first-order valence-corrected chi connectivity index (χ1v) is 7.76. The zero-order valence-electron chi connectivity index (χ0n) is 14.1. The molecule has 1 aromatic rings. The number of nitrogens with one attached hydrogen (secondary N) is 1. The van der Waals surface area contributed by atoms with E-state index in [1.165, 1.54) is 0 Å². The van der Waals surface area contributed by atoms with Crippen molar-refractivity contribution in [1.29, 1.82) is 5.26 Å². The van der Waals surface area contributed by atoms with Gasteiger partial charge in [0.25, 0.3) is 0 Å². The van der Waals surface area contributed by atoms with Crippen LogP contribution in [0.4, 0.5) is 5.69 Å². The van der Waals surface area contributed by atoms with Crippen molar-refractivity contribution in [2.75, 3.05) is 11.4 Å². The van der Waals surface area contributed by atoms with Crippen molar-refractivity contribution in [1.82, 2.24) is 5.43 Å². The summed E-state index contributed by atoms with van der Waals surface area (Å²) in [5.74, 6) is 0.604. The molecular weight excluding hydrogens is 302 g/mol. The Labute approximate surface area is 142 Å². The van der Waals surface area contributed by atoms with Crippen molar-refractivity contribution in [3.8, 4) is 6.07 Å². The molecule has 126 valence electrons. The smallest absolute Gasteiger partial charge is 0.129 e. The van der Waals surface area contributed by atoms with Crippen LogP contribution in [0.2, 0.25) is 0 Å². The third kappa shape index (κ3) is 4.15. The van der Waals surface area contributed by atoms with Gasteiger partial charge in [-0.25, -0.2) is 0 Å². The van der Waals surface area contributed by atoms with Crippen LogP contribution in [-0.2, 0) is 5.41 Å². The zero-order valence-corrected chi connectivity index (χ0v) is 14.1. The molecule has 0 saturated carbocycles. The van der Waals surface area contributed by atoms with Crippen LogP contribution in [-0.4, -0.2) is 24.1 Å². The van der Waals surface area contributed by atoms with E-state index in [0.717, 1.165) is 11.3 Å². The maximum Gasteiger partial charge on any atom is 0.129 e. The van der Waals surface area contributed by atoms with Gasteiger partial charge in [-0.3, -0.25) is 4.99 Å². The summed E-state index contributed by atoms with van der Waals surface area (Å²) in [6.07, 6.45) is 6.12. The molecule has 1 aliphatic rings. The lowest BCUT2D eigenvalue weighted by Gasteiger charge is -2.35. The standard InChI is InChI=1S/C18H22N5O/c1-14(24)23(17-9-12-20-10-4-11-21-22-17)16-7-5-15(6-8-16)18(2,3)13-19/h4-9,11-12,14,22,24H,10H2,1-3H3/q-1. The monoisotopic (exact) mass is 324 g/mol. The Morgan fingerprint density at radius 2 is 2.08 bits per heavy atom. The van der Waals surface area contributed by atoms with E-state index < -0.39 is 11.6 Å². The van der Waals surface area contributed by atoms with Gasteiger partial charge < -0.3 is 20.9 Å². The number of aliphatic hydroxyl groups excluding tert-OH is 1. The van der Waals surface area contributed by atoms with E-state index in [4.69, 9.17) is 0 Å². The van der Waals surface area contributed by atoms with Gasteiger partial charge in [0.05, 0.1) is 23.8 Å². The first kappa shape index (κ1) is 17.6. The van der Waals surface area contributed by atoms with E-state index in [1.54, 1.807) is 30.3 Å². The number of aliphatic hydroxyl groups is 1. The Bertz CT molecular complexity index is 680. The number of benzene rings is 1. The van der Waals surface area contributed by atoms with E-state index >= 15 is 0 Å². The fourth-order valence-corrected chi connectivity index (χ4v) is 2.28. The molecule has 0 fully saturated rings. The SMILES string of the molecule is CC(O)N(C1=CC=NCC=C[N-]N1)c1ccc(C(C)(C)C#N)cc1. The minimum absolute atomic E-state index is 0.557. The summed E-state index contributed by atoms with van der Waals surface area (Å²) in [5.41, 5.74) is 8.16. The molecule has 6 heteroatoms. The Morgan fingerprint density at radius 3 is 2.71 bits per heavy atom. The molecule has 0 radical (unpaired) electrons. The van der Waals surface area contributed by atoms with Gasteiger partial charge in [0.1, 0.15) is 6.23 Å². The fraction of sp³-hybridized carbons (Fsp3) is 0.333. The van der Waals surface area contributed by atoms with Gasteiger partial charge in [-0.05, 0) is 44.5 Å². The molecule has 1 unspecified atom stereocenters. The van der Waals surface area contributed by atoms with Crippen molar-refractivity contribution in [2.45, 2.75) is 32.4 Å². The largest absolute Gasteiger partial charge is 0.603 e. The molecule has 0 amide bonds. The Kier molecular flexibility index (Phi) is 5.61. The molecule has 1 aromatic carbocycles. The second-order valence-corrected chi connectivity index (χ2v) is 5.98. The van der Waals surface area contributed by atoms with Gasteiger partial charge in [0.2, 0.25) is 0 Å². The lowest BCUT2D eigenvalue weighted by Crippen LogP contribution is -2.37. The van der Waals surface area contributed by atoms with Gasteiger partial charge in [0, 0.05) is 11.9 Å². The second kappa shape index (κ2) is 7.66. The van der Waals surface area contributed by atoms with Crippen molar-refractivity contribution >= 4 is 11.9 Å². The highest BCUT2D eigenvalue weighted by atomic mass is 16.3. The summed E-state index contributed by atoms with van der Waals surface area (Å²) >= 11 is 0. The number of rotatable bonds is 4. The summed E-state index contributed by atoms with van der Waals surface area (Å²) < 4.78 is 0. The minimum atomic E-state index is -0.771. The molecule has 1 aliphatic heterocycles. The van der Waals surface area contributed by atoms with Crippen molar-refractivity contribution in [3.63, 3.8) is 0 Å². The number of nitriles is 1. The normalized spacial score (nSPS) is 15.7. The molecule has 1 atom stereocenters. The number of anilines is 1. The third-order valence-corrected chi connectivity index (χ3v) is 3.69. The summed E-state index contributed by atoms with van der Waals surface area (Å²) in [6, 6.07) is 9.84. The number of allylic oxidation sites excluding steroid dienone is 1. The lowest BCUT2D eigenvalue weighted by molar-refractivity contribution is 0.195. The molecule has 0 aliphatic carbocycles. The number of aliphatic imine (C=N–C) groups is 1. The average Bonchev–Trinajstić information content (AvgIpc) is 2.69. The molecule has 0 saturated heterocycles. The Hall–Kier alpha value is -2.78. The predicted molar refractivity (Wildman–Crippen MR) is 96.3 cm³/mol. The minimum Gasteiger partial charge on any atom is -0.603 e. The van der Waals surface area contributed by atoms with Gasteiger partial charge in [0.15, 0.2) is 0 Å². The molecule has 2 rings (SSSR count). The van der Waals surface area contributed by atoms with Crippen LogP contribution in [0.25, 0.3) is 5.43 Å². The topological polar surface area (TPSA) is 85.8 Å². The average molecular weight is 324 g/mol. The Balaban J connectivity index is 2.34. The van der Waals surface area contributed by atoms with Crippen LogP contribution in [0.1, 0.15) is 26.3 Å². The fourth-order valence-electron chi connectivity index (χ4n) is 2.28. The van der Waals surface area contributed by atoms with E-state index in [2.05, 4.69) is 21.9 Å². The highest BCUT2D eigenvalue weighted by Gasteiger charge is 2.21. The van der Waals surface area contributed by atoms with Crippen molar-refractivity contribution < 1.29 is 5.11 Å². The van der Waals surface area contributed by atoms with Gasteiger partial charge in [-0.15, -0.1) is 0 Å². The molecule has 2 N–H and O–H groups in total. The third-order valence-electron chi connectivity index (χ3n) is 3.69.